The highest BCUT2D eigenvalue weighted by Gasteiger charge is 2.20. The van der Waals surface area contributed by atoms with Crippen LogP contribution in [0.2, 0.25) is 0 Å². The first kappa shape index (κ1) is 24.4. The molecule has 10 aromatic rings. The Morgan fingerprint density at radius 3 is 1.87 bits per heavy atom. The summed E-state index contributed by atoms with van der Waals surface area (Å²) in [7, 11) is 0. The van der Waals surface area contributed by atoms with Crippen molar-refractivity contribution in [2.45, 2.75) is 0 Å². The Balaban J connectivity index is 1.30. The summed E-state index contributed by atoms with van der Waals surface area (Å²) in [5, 5.41) is 6.84. The molecule has 0 saturated heterocycles. The molecule has 3 heteroatoms. The van der Waals surface area contributed by atoms with Crippen LogP contribution in [0.1, 0.15) is 0 Å². The fourth-order valence-corrected chi connectivity index (χ4v) is 7.19. The number of hydrogen-bond acceptors (Lipinski definition) is 2. The Morgan fingerprint density at radius 2 is 1.02 bits per heavy atom. The first-order valence-corrected chi connectivity index (χ1v) is 15.3. The van der Waals surface area contributed by atoms with Crippen molar-refractivity contribution in [3.05, 3.63) is 152 Å². The zero-order valence-electron chi connectivity index (χ0n) is 24.2. The van der Waals surface area contributed by atoms with Crippen LogP contribution in [0.15, 0.2) is 160 Å². The van der Waals surface area contributed by atoms with E-state index in [1.54, 1.807) is 0 Å². The minimum Gasteiger partial charge on any atom is -0.456 e. The topological polar surface area (TPSA) is 31.2 Å². The van der Waals surface area contributed by atoms with Gasteiger partial charge in [0.05, 0.1) is 11.0 Å². The molecule has 0 bridgehead atoms. The van der Waals surface area contributed by atoms with Crippen LogP contribution in [0, 0.1) is 0 Å². The molecule has 0 aliphatic rings. The third kappa shape index (κ3) is 3.52. The van der Waals surface area contributed by atoms with Crippen LogP contribution in [0.5, 0.6) is 0 Å². The molecule has 0 atom stereocenters. The van der Waals surface area contributed by atoms with Gasteiger partial charge in [-0.1, -0.05) is 91.0 Å². The van der Waals surface area contributed by atoms with Crippen molar-refractivity contribution in [2.75, 3.05) is 0 Å². The van der Waals surface area contributed by atoms with Gasteiger partial charge < -0.3 is 13.4 Å². The number of aromatic nitrogens is 1. The highest BCUT2D eigenvalue weighted by Crippen LogP contribution is 2.45. The molecule has 0 aliphatic carbocycles. The van der Waals surface area contributed by atoms with E-state index in [2.05, 4.69) is 132 Å². The quantitative estimate of drug-likeness (QED) is 0.210. The standard InChI is InChI=1S/C42H25NO2/c1-3-11-26(12-4-1)32-24-28(25-34-41-39(45-42(32)34)22-21-38-40(41)31-16-8-10-18-37(31)44-38)27-19-20-36-33(23-27)30-15-7-9-17-35(30)43(36)29-13-5-2-6-14-29/h1-25H. The lowest BCUT2D eigenvalue weighted by molar-refractivity contribution is 0.663. The second kappa shape index (κ2) is 9.22. The monoisotopic (exact) mass is 575 g/mol. The minimum atomic E-state index is 0.861. The lowest BCUT2D eigenvalue weighted by Crippen LogP contribution is -1.92. The summed E-state index contributed by atoms with van der Waals surface area (Å²) in [6.45, 7) is 0. The summed E-state index contributed by atoms with van der Waals surface area (Å²) in [5.41, 5.74) is 11.6. The predicted molar refractivity (Wildman–Crippen MR) is 186 cm³/mol. The maximum atomic E-state index is 6.69. The summed E-state index contributed by atoms with van der Waals surface area (Å²) >= 11 is 0. The molecule has 0 amide bonds. The lowest BCUT2D eigenvalue weighted by Gasteiger charge is -2.10. The zero-order valence-corrected chi connectivity index (χ0v) is 24.2. The van der Waals surface area contributed by atoms with E-state index in [4.69, 9.17) is 8.83 Å². The summed E-state index contributed by atoms with van der Waals surface area (Å²) in [4.78, 5) is 0. The number of nitrogens with zero attached hydrogens (tertiary/aromatic N) is 1. The number of furan rings is 2. The van der Waals surface area contributed by atoms with Gasteiger partial charge in [0, 0.05) is 43.6 Å². The summed E-state index contributed by atoms with van der Waals surface area (Å²) in [5.74, 6) is 0. The molecule has 0 fully saturated rings. The van der Waals surface area contributed by atoms with Crippen molar-refractivity contribution in [1.29, 1.82) is 0 Å². The van der Waals surface area contributed by atoms with E-state index in [1.165, 1.54) is 21.8 Å². The molecule has 0 radical (unpaired) electrons. The molecule has 3 nitrogen and oxygen atoms in total. The highest BCUT2D eigenvalue weighted by atomic mass is 16.3. The van der Waals surface area contributed by atoms with E-state index in [-0.39, 0.29) is 0 Å². The molecule has 0 spiro atoms. The molecule has 45 heavy (non-hydrogen) atoms. The second-order valence-electron chi connectivity index (χ2n) is 11.7. The average Bonchev–Trinajstić information content (AvgIpc) is 3.77. The highest BCUT2D eigenvalue weighted by molar-refractivity contribution is 6.27. The van der Waals surface area contributed by atoms with Crippen molar-refractivity contribution in [1.82, 2.24) is 4.57 Å². The smallest absolute Gasteiger partial charge is 0.143 e. The molecular formula is C42H25NO2. The van der Waals surface area contributed by atoms with Crippen LogP contribution >= 0.6 is 0 Å². The third-order valence-corrected chi connectivity index (χ3v) is 9.18. The number of para-hydroxylation sites is 3. The predicted octanol–water partition coefficient (Wildman–Crippen LogP) is 11.9. The first-order valence-electron chi connectivity index (χ1n) is 15.3. The lowest BCUT2D eigenvalue weighted by atomic mass is 9.94. The van der Waals surface area contributed by atoms with Gasteiger partial charge in [0.15, 0.2) is 0 Å². The molecule has 3 aromatic heterocycles. The second-order valence-corrected chi connectivity index (χ2v) is 11.7. The average molecular weight is 576 g/mol. The Bertz CT molecular complexity index is 2740. The normalized spacial score (nSPS) is 12.0. The Labute approximate surface area is 258 Å². The van der Waals surface area contributed by atoms with Crippen LogP contribution in [0.4, 0.5) is 0 Å². The van der Waals surface area contributed by atoms with Crippen molar-refractivity contribution < 1.29 is 8.83 Å². The van der Waals surface area contributed by atoms with Crippen molar-refractivity contribution in [3.8, 4) is 27.9 Å². The Kier molecular flexibility index (Phi) is 5.00. The summed E-state index contributed by atoms with van der Waals surface area (Å²) in [6.07, 6.45) is 0. The molecule has 0 N–H and O–H groups in total. The molecule has 10 rings (SSSR count). The summed E-state index contributed by atoms with van der Waals surface area (Å²) in [6, 6.07) is 53.6. The molecule has 210 valence electrons. The Hall–Kier alpha value is -6.06. The molecule has 7 aromatic carbocycles. The van der Waals surface area contributed by atoms with E-state index in [0.29, 0.717) is 0 Å². The van der Waals surface area contributed by atoms with Crippen LogP contribution in [-0.2, 0) is 0 Å². The van der Waals surface area contributed by atoms with E-state index in [1.807, 2.05) is 24.3 Å². The van der Waals surface area contributed by atoms with Gasteiger partial charge in [0.1, 0.15) is 22.3 Å². The number of hydrogen-bond donors (Lipinski definition) is 0. The third-order valence-electron chi connectivity index (χ3n) is 9.18. The SMILES string of the molecule is c1ccc(-c2cc(-c3ccc4c(c3)c3ccccc3n4-c3ccccc3)cc3c2oc2ccc4oc5ccccc5c4c23)cc1. The van der Waals surface area contributed by atoms with Crippen molar-refractivity contribution in [2.24, 2.45) is 0 Å². The van der Waals surface area contributed by atoms with Gasteiger partial charge in [-0.25, -0.2) is 0 Å². The van der Waals surface area contributed by atoms with Crippen molar-refractivity contribution >= 4 is 65.7 Å². The van der Waals surface area contributed by atoms with E-state index >= 15 is 0 Å². The van der Waals surface area contributed by atoms with E-state index in [9.17, 15) is 0 Å². The first-order chi connectivity index (χ1) is 22.3. The minimum absolute atomic E-state index is 0.861. The molecular weight excluding hydrogens is 550 g/mol. The fraction of sp³-hybridized carbons (Fsp3) is 0. The van der Waals surface area contributed by atoms with Gasteiger partial charge in [-0.3, -0.25) is 0 Å². The number of fused-ring (bicyclic) bond motifs is 10. The van der Waals surface area contributed by atoms with Crippen LogP contribution in [-0.4, -0.2) is 4.57 Å². The molecule has 0 saturated carbocycles. The number of benzene rings is 7. The van der Waals surface area contributed by atoms with Crippen LogP contribution in [0.3, 0.4) is 0 Å². The van der Waals surface area contributed by atoms with Gasteiger partial charge >= 0.3 is 0 Å². The van der Waals surface area contributed by atoms with Crippen LogP contribution in [0.25, 0.3) is 93.6 Å². The fourth-order valence-electron chi connectivity index (χ4n) is 7.19. The van der Waals surface area contributed by atoms with Crippen LogP contribution < -0.4 is 0 Å². The largest absolute Gasteiger partial charge is 0.456 e. The number of rotatable bonds is 3. The van der Waals surface area contributed by atoms with E-state index in [0.717, 1.165) is 71.8 Å². The van der Waals surface area contributed by atoms with Gasteiger partial charge in [0.25, 0.3) is 0 Å². The molecule has 3 heterocycles. The van der Waals surface area contributed by atoms with Gasteiger partial charge in [-0.15, -0.1) is 0 Å². The molecule has 0 unspecified atom stereocenters. The van der Waals surface area contributed by atoms with Crippen molar-refractivity contribution in [3.63, 3.8) is 0 Å². The maximum Gasteiger partial charge on any atom is 0.143 e. The Morgan fingerprint density at radius 1 is 0.378 bits per heavy atom. The summed E-state index contributed by atoms with van der Waals surface area (Å²) < 4.78 is 15.3. The van der Waals surface area contributed by atoms with Gasteiger partial charge in [-0.05, 0) is 77.4 Å². The van der Waals surface area contributed by atoms with E-state index < -0.39 is 0 Å². The molecule has 0 aliphatic heterocycles. The maximum absolute atomic E-state index is 6.69. The van der Waals surface area contributed by atoms with Gasteiger partial charge in [-0.2, -0.15) is 0 Å². The van der Waals surface area contributed by atoms with Gasteiger partial charge in [0.2, 0.25) is 0 Å². The zero-order chi connectivity index (χ0) is 29.5.